The Balaban J connectivity index is 2.68. The molecule has 0 atom stereocenters. The largest absolute Gasteiger partial charge is 0.280 e. The summed E-state index contributed by atoms with van der Waals surface area (Å²) in [6.07, 6.45) is -0.439. The van der Waals surface area contributed by atoms with Crippen molar-refractivity contribution in [2.45, 2.75) is 6.42 Å². The Labute approximate surface area is 93.7 Å². The van der Waals surface area contributed by atoms with Crippen LogP contribution in [0.2, 0.25) is 0 Å². The number of aromatic nitrogens is 2. The van der Waals surface area contributed by atoms with Crippen molar-refractivity contribution in [1.82, 2.24) is 9.36 Å². The lowest BCUT2D eigenvalue weighted by Gasteiger charge is -2.04. The van der Waals surface area contributed by atoms with Crippen molar-refractivity contribution in [3.63, 3.8) is 0 Å². The van der Waals surface area contributed by atoms with Gasteiger partial charge in [0.15, 0.2) is 0 Å². The van der Waals surface area contributed by atoms with Crippen molar-refractivity contribution in [1.29, 1.82) is 0 Å². The van der Waals surface area contributed by atoms with Crippen LogP contribution in [0.4, 0.5) is 0 Å². The quantitative estimate of drug-likeness (QED) is 0.589. The Kier molecular flexibility index (Phi) is 1.72. The van der Waals surface area contributed by atoms with Crippen LogP contribution in [-0.2, 0) is 0 Å². The zero-order valence-corrected chi connectivity index (χ0v) is 8.54. The SMILES string of the molecule is O=C1CC(=O)n2c(=O)c3ccccc3c(=O)n21. The molecule has 6 heteroatoms. The summed E-state index contributed by atoms with van der Waals surface area (Å²) in [6, 6.07) is 6.12. The van der Waals surface area contributed by atoms with Crippen molar-refractivity contribution in [3.05, 3.63) is 45.0 Å². The molecule has 0 amide bonds. The molecule has 0 unspecified atom stereocenters. The second kappa shape index (κ2) is 3.00. The van der Waals surface area contributed by atoms with Gasteiger partial charge < -0.3 is 0 Å². The first-order chi connectivity index (χ1) is 8.11. The van der Waals surface area contributed by atoms with Crippen molar-refractivity contribution in [3.8, 4) is 0 Å². The zero-order valence-electron chi connectivity index (χ0n) is 8.54. The van der Waals surface area contributed by atoms with E-state index >= 15 is 0 Å². The fourth-order valence-corrected chi connectivity index (χ4v) is 1.99. The average Bonchev–Trinajstić information content (AvgIpc) is 2.62. The minimum Gasteiger partial charge on any atom is -0.272 e. The molecule has 0 spiro atoms. The van der Waals surface area contributed by atoms with Crippen molar-refractivity contribution in [2.75, 3.05) is 0 Å². The first kappa shape index (κ1) is 9.71. The molecule has 0 bridgehead atoms. The lowest BCUT2D eigenvalue weighted by molar-refractivity contribution is 0.0882. The molecule has 84 valence electrons. The molecular formula is C11H6N2O4. The third-order valence-electron chi connectivity index (χ3n) is 2.75. The molecule has 1 aliphatic rings. The Morgan fingerprint density at radius 2 is 1.18 bits per heavy atom. The fourth-order valence-electron chi connectivity index (χ4n) is 1.99. The zero-order chi connectivity index (χ0) is 12.2. The molecule has 0 aliphatic carbocycles. The van der Waals surface area contributed by atoms with Gasteiger partial charge in [-0.3, -0.25) is 19.2 Å². The van der Waals surface area contributed by atoms with E-state index in [1.54, 1.807) is 12.1 Å². The van der Waals surface area contributed by atoms with Crippen LogP contribution in [0, 0.1) is 0 Å². The van der Waals surface area contributed by atoms with E-state index in [1.807, 2.05) is 0 Å². The highest BCUT2D eigenvalue weighted by Gasteiger charge is 2.30. The van der Waals surface area contributed by atoms with E-state index in [9.17, 15) is 19.2 Å². The van der Waals surface area contributed by atoms with Gasteiger partial charge in [0, 0.05) is 0 Å². The smallest absolute Gasteiger partial charge is 0.272 e. The number of hydrogen-bond acceptors (Lipinski definition) is 4. The Morgan fingerprint density at radius 3 is 1.59 bits per heavy atom. The first-order valence-electron chi connectivity index (χ1n) is 4.95. The van der Waals surface area contributed by atoms with Gasteiger partial charge in [-0.25, -0.2) is 0 Å². The van der Waals surface area contributed by atoms with Gasteiger partial charge in [0.25, 0.3) is 22.9 Å². The maximum absolute atomic E-state index is 12.0. The van der Waals surface area contributed by atoms with E-state index in [4.69, 9.17) is 0 Å². The number of rotatable bonds is 0. The maximum Gasteiger partial charge on any atom is 0.280 e. The highest BCUT2D eigenvalue weighted by atomic mass is 16.2. The monoisotopic (exact) mass is 230 g/mol. The van der Waals surface area contributed by atoms with Crippen LogP contribution in [0.25, 0.3) is 10.8 Å². The second-order valence-corrected chi connectivity index (χ2v) is 3.74. The van der Waals surface area contributed by atoms with Crippen molar-refractivity contribution >= 4 is 22.6 Å². The highest BCUT2D eigenvalue weighted by molar-refractivity contribution is 6.05. The van der Waals surface area contributed by atoms with E-state index in [0.29, 0.717) is 9.36 Å². The van der Waals surface area contributed by atoms with E-state index in [0.717, 1.165) is 0 Å². The fraction of sp³-hybridized carbons (Fsp3) is 0.0909. The highest BCUT2D eigenvalue weighted by Crippen LogP contribution is 2.07. The number of hydrogen-bond donors (Lipinski definition) is 0. The van der Waals surface area contributed by atoms with Crippen LogP contribution >= 0.6 is 0 Å². The molecule has 2 aromatic rings. The third-order valence-corrected chi connectivity index (χ3v) is 2.75. The molecule has 3 rings (SSSR count). The molecule has 0 fully saturated rings. The minimum absolute atomic E-state index is 0.150. The molecule has 1 aliphatic heterocycles. The number of nitrogens with zero attached hydrogens (tertiary/aromatic N) is 2. The predicted octanol–water partition coefficient (Wildman–Crippen LogP) is -0.153. The Morgan fingerprint density at radius 1 is 0.765 bits per heavy atom. The summed E-state index contributed by atoms with van der Waals surface area (Å²) in [4.78, 5) is 46.9. The lowest BCUT2D eigenvalue weighted by Crippen LogP contribution is -2.38. The number of carbonyl (C=O) groups is 2. The second-order valence-electron chi connectivity index (χ2n) is 3.74. The normalized spacial score (nSPS) is 14.4. The molecule has 0 radical (unpaired) electrons. The van der Waals surface area contributed by atoms with E-state index < -0.39 is 29.4 Å². The van der Waals surface area contributed by atoms with Gasteiger partial charge in [-0.2, -0.15) is 9.36 Å². The number of fused-ring (bicyclic) bond motifs is 2. The van der Waals surface area contributed by atoms with Crippen molar-refractivity contribution < 1.29 is 9.59 Å². The van der Waals surface area contributed by atoms with Gasteiger partial charge in [-0.15, -0.1) is 0 Å². The Bertz CT molecular complexity index is 731. The first-order valence-corrected chi connectivity index (χ1v) is 4.95. The molecule has 17 heavy (non-hydrogen) atoms. The van der Waals surface area contributed by atoms with E-state index in [2.05, 4.69) is 0 Å². The average molecular weight is 230 g/mol. The molecular weight excluding hydrogens is 224 g/mol. The minimum atomic E-state index is -0.664. The third kappa shape index (κ3) is 1.09. The molecule has 6 nitrogen and oxygen atoms in total. The van der Waals surface area contributed by atoms with Gasteiger partial charge in [-0.1, -0.05) is 12.1 Å². The van der Waals surface area contributed by atoms with E-state index in [1.165, 1.54) is 12.1 Å². The molecule has 2 heterocycles. The summed E-state index contributed by atoms with van der Waals surface area (Å²) < 4.78 is 1.24. The predicted molar refractivity (Wildman–Crippen MR) is 58.3 cm³/mol. The van der Waals surface area contributed by atoms with Gasteiger partial charge in [0.05, 0.1) is 10.8 Å². The van der Waals surface area contributed by atoms with Gasteiger partial charge in [0.1, 0.15) is 6.42 Å². The summed E-state index contributed by atoms with van der Waals surface area (Å²) >= 11 is 0. The molecule has 1 aromatic carbocycles. The summed E-state index contributed by atoms with van der Waals surface area (Å²) in [5, 5.41) is 0.300. The molecule has 0 saturated heterocycles. The summed E-state index contributed by atoms with van der Waals surface area (Å²) in [5.74, 6) is -1.33. The van der Waals surface area contributed by atoms with Crippen LogP contribution in [0.5, 0.6) is 0 Å². The van der Waals surface area contributed by atoms with Crippen LogP contribution in [0.1, 0.15) is 16.0 Å². The summed E-state index contributed by atoms with van der Waals surface area (Å²) in [7, 11) is 0. The van der Waals surface area contributed by atoms with Crippen LogP contribution < -0.4 is 11.1 Å². The maximum atomic E-state index is 12.0. The molecule has 0 N–H and O–H groups in total. The molecule has 1 aromatic heterocycles. The Hall–Kier alpha value is -2.50. The van der Waals surface area contributed by atoms with Crippen LogP contribution in [-0.4, -0.2) is 21.2 Å². The van der Waals surface area contributed by atoms with Gasteiger partial charge in [0.2, 0.25) is 0 Å². The molecule has 0 saturated carbocycles. The topological polar surface area (TPSA) is 78.1 Å². The van der Waals surface area contributed by atoms with E-state index in [-0.39, 0.29) is 10.8 Å². The summed E-state index contributed by atoms with van der Waals surface area (Å²) in [6.45, 7) is 0. The number of benzene rings is 1. The van der Waals surface area contributed by atoms with Gasteiger partial charge >= 0.3 is 0 Å². The van der Waals surface area contributed by atoms with Crippen molar-refractivity contribution in [2.24, 2.45) is 0 Å². The van der Waals surface area contributed by atoms with Gasteiger partial charge in [-0.05, 0) is 12.1 Å². The van der Waals surface area contributed by atoms with Crippen LogP contribution in [0.15, 0.2) is 33.9 Å². The lowest BCUT2D eigenvalue weighted by atomic mass is 10.2. The summed E-state index contributed by atoms with van der Waals surface area (Å²) in [5.41, 5.74) is -1.26. The van der Waals surface area contributed by atoms with Crippen LogP contribution in [0.3, 0.4) is 0 Å². The standard InChI is InChI=1S/C11H6N2O4/c14-8-5-9(15)13-11(17)7-4-2-1-3-6(7)10(16)12(8)13/h1-4H,5H2. The number of carbonyl (C=O) groups excluding carboxylic acids is 2.